The first-order chi connectivity index (χ1) is 17.2. The van der Waals surface area contributed by atoms with Gasteiger partial charge in [0.1, 0.15) is 17.8 Å². The highest BCUT2D eigenvalue weighted by Gasteiger charge is 2.33. The van der Waals surface area contributed by atoms with Gasteiger partial charge in [-0.2, -0.15) is 0 Å². The van der Waals surface area contributed by atoms with Crippen LogP contribution in [0.2, 0.25) is 0 Å². The number of hydrogen-bond donors (Lipinski definition) is 3. The molecular formula is C26H38N4O6. The zero-order chi connectivity index (χ0) is 26.2. The molecule has 2 heterocycles. The Balaban J connectivity index is 1.86. The molecule has 36 heavy (non-hydrogen) atoms. The molecule has 0 radical (unpaired) electrons. The number of morpholine rings is 1. The Bertz CT molecular complexity index is 942. The molecule has 0 bridgehead atoms. The Morgan fingerprint density at radius 3 is 2.44 bits per heavy atom. The van der Waals surface area contributed by atoms with Gasteiger partial charge in [0.05, 0.1) is 24.4 Å². The molecule has 2 aliphatic rings. The van der Waals surface area contributed by atoms with Crippen LogP contribution in [-0.2, 0) is 19.1 Å². The quantitative estimate of drug-likeness (QED) is 0.559. The molecule has 1 fully saturated rings. The number of nitrogens with one attached hydrogen (secondary N) is 3. The summed E-state index contributed by atoms with van der Waals surface area (Å²) in [6, 6.07) is 5.20. The molecule has 3 N–H and O–H groups in total. The van der Waals surface area contributed by atoms with E-state index < -0.39 is 18.0 Å². The van der Waals surface area contributed by atoms with Crippen LogP contribution in [0.3, 0.4) is 0 Å². The Morgan fingerprint density at radius 1 is 1.06 bits per heavy atom. The maximum Gasteiger partial charge on any atom is 0.255 e. The predicted molar refractivity (Wildman–Crippen MR) is 133 cm³/mol. The first-order valence-electron chi connectivity index (χ1n) is 12.7. The number of nitrogens with zero attached hydrogens (tertiary/aromatic N) is 1. The van der Waals surface area contributed by atoms with Gasteiger partial charge in [-0.15, -0.1) is 0 Å². The highest BCUT2D eigenvalue weighted by Crippen LogP contribution is 2.20. The smallest absolute Gasteiger partial charge is 0.255 e. The van der Waals surface area contributed by atoms with Gasteiger partial charge in [-0.3, -0.25) is 19.2 Å². The van der Waals surface area contributed by atoms with E-state index in [0.29, 0.717) is 37.4 Å². The minimum absolute atomic E-state index is 0.0270. The number of ether oxygens (including phenoxy) is 2. The topological polar surface area (TPSA) is 126 Å². The fraction of sp³-hybridized carbons (Fsp3) is 0.615. The number of benzene rings is 1. The zero-order valence-electron chi connectivity index (χ0n) is 21.5. The van der Waals surface area contributed by atoms with Gasteiger partial charge >= 0.3 is 0 Å². The third-order valence-corrected chi connectivity index (χ3v) is 6.27. The molecule has 1 aromatic carbocycles. The van der Waals surface area contributed by atoms with Gasteiger partial charge in [0.25, 0.3) is 5.91 Å². The van der Waals surface area contributed by atoms with Crippen molar-refractivity contribution >= 4 is 23.6 Å². The van der Waals surface area contributed by atoms with Crippen molar-refractivity contribution in [3.63, 3.8) is 0 Å². The molecule has 1 saturated heterocycles. The average molecular weight is 503 g/mol. The van der Waals surface area contributed by atoms with Crippen LogP contribution >= 0.6 is 0 Å². The molecule has 10 nitrogen and oxygen atoms in total. The van der Waals surface area contributed by atoms with Crippen LogP contribution in [-0.4, -0.2) is 79.1 Å². The summed E-state index contributed by atoms with van der Waals surface area (Å²) in [4.78, 5) is 53.9. The summed E-state index contributed by atoms with van der Waals surface area (Å²) >= 11 is 0. The minimum Gasteiger partial charge on any atom is -0.493 e. The number of para-hydroxylation sites is 1. The van der Waals surface area contributed by atoms with Crippen LogP contribution in [0.25, 0.3) is 0 Å². The normalized spacial score (nSPS) is 26.8. The molecule has 198 valence electrons. The number of carbonyl (C=O) groups excluding carboxylic acids is 4. The van der Waals surface area contributed by atoms with Gasteiger partial charge in [-0.1, -0.05) is 26.0 Å². The van der Waals surface area contributed by atoms with E-state index in [1.807, 2.05) is 27.7 Å². The number of amides is 4. The average Bonchev–Trinajstić information content (AvgIpc) is 2.83. The molecule has 2 aliphatic heterocycles. The van der Waals surface area contributed by atoms with Crippen LogP contribution in [0.1, 0.15) is 57.3 Å². The van der Waals surface area contributed by atoms with E-state index in [2.05, 4.69) is 16.0 Å². The second-order valence-corrected chi connectivity index (χ2v) is 9.84. The molecule has 0 aliphatic carbocycles. The number of carbonyl (C=O) groups is 4. The van der Waals surface area contributed by atoms with Gasteiger partial charge in [0.2, 0.25) is 17.7 Å². The SMILES string of the molecule is CC(C)C1NC(=O)CC[C@@H](C(=O)N2C[C@@H](C)O[C@@H](C)C2)NC(=O)c2ccccc2OCCCNC1=O. The van der Waals surface area contributed by atoms with Crippen molar-refractivity contribution in [1.29, 1.82) is 0 Å². The van der Waals surface area contributed by atoms with Gasteiger partial charge in [-0.05, 0) is 44.7 Å². The molecule has 1 aromatic rings. The lowest BCUT2D eigenvalue weighted by Crippen LogP contribution is -2.55. The van der Waals surface area contributed by atoms with Crippen LogP contribution in [0, 0.1) is 5.92 Å². The lowest BCUT2D eigenvalue weighted by atomic mass is 10.0. The summed E-state index contributed by atoms with van der Waals surface area (Å²) in [5.41, 5.74) is 0.305. The van der Waals surface area contributed by atoms with Crippen molar-refractivity contribution in [2.24, 2.45) is 5.92 Å². The summed E-state index contributed by atoms with van der Waals surface area (Å²) in [6.45, 7) is 8.96. The number of hydrogen-bond acceptors (Lipinski definition) is 6. The molecule has 1 unspecified atom stereocenters. The Morgan fingerprint density at radius 2 is 1.75 bits per heavy atom. The van der Waals surface area contributed by atoms with Crippen molar-refractivity contribution in [3.05, 3.63) is 29.8 Å². The maximum absolute atomic E-state index is 13.5. The molecule has 10 heteroatoms. The highest BCUT2D eigenvalue weighted by atomic mass is 16.5. The monoisotopic (exact) mass is 502 g/mol. The van der Waals surface area contributed by atoms with E-state index in [-0.39, 0.29) is 55.3 Å². The summed E-state index contributed by atoms with van der Waals surface area (Å²) in [5, 5.41) is 8.46. The van der Waals surface area contributed by atoms with Crippen LogP contribution in [0.4, 0.5) is 0 Å². The third-order valence-electron chi connectivity index (χ3n) is 6.27. The van der Waals surface area contributed by atoms with Crippen LogP contribution in [0.5, 0.6) is 5.75 Å². The Hall–Kier alpha value is -3.14. The Kier molecular flexibility index (Phi) is 9.69. The largest absolute Gasteiger partial charge is 0.493 e. The van der Waals surface area contributed by atoms with Crippen molar-refractivity contribution in [2.75, 3.05) is 26.2 Å². The van der Waals surface area contributed by atoms with Crippen molar-refractivity contribution < 1.29 is 28.7 Å². The maximum atomic E-state index is 13.5. The fourth-order valence-electron chi connectivity index (χ4n) is 4.48. The lowest BCUT2D eigenvalue weighted by molar-refractivity contribution is -0.145. The standard InChI is InChI=1S/C26H38N4O6/c1-16(2)23-25(33)27-12-7-13-35-21-9-6-5-8-19(21)24(32)28-20(10-11-22(31)29-23)26(34)30-14-17(3)36-18(4)15-30/h5-6,8-9,16-18,20,23H,7,10-15H2,1-4H3,(H,27,33)(H,28,32)(H,29,31)/t17-,18+,20-,23?/m0/s1. The van der Waals surface area contributed by atoms with Gasteiger partial charge in [-0.25, -0.2) is 0 Å². The van der Waals surface area contributed by atoms with Crippen LogP contribution < -0.4 is 20.7 Å². The number of fused-ring (bicyclic) bond motifs is 1. The zero-order valence-corrected chi connectivity index (χ0v) is 21.5. The highest BCUT2D eigenvalue weighted by molar-refractivity contribution is 5.99. The van der Waals surface area contributed by atoms with Gasteiger partial charge < -0.3 is 30.3 Å². The lowest BCUT2D eigenvalue weighted by Gasteiger charge is -2.37. The second-order valence-electron chi connectivity index (χ2n) is 9.84. The first-order valence-corrected chi connectivity index (χ1v) is 12.7. The number of rotatable bonds is 2. The molecule has 0 aromatic heterocycles. The minimum atomic E-state index is -0.923. The molecule has 3 rings (SSSR count). The fourth-order valence-corrected chi connectivity index (χ4v) is 4.48. The summed E-state index contributed by atoms with van der Waals surface area (Å²) in [6.07, 6.45) is 0.312. The second kappa shape index (κ2) is 12.7. The summed E-state index contributed by atoms with van der Waals surface area (Å²) in [7, 11) is 0. The molecule has 4 atom stereocenters. The van der Waals surface area contributed by atoms with Crippen molar-refractivity contribution in [1.82, 2.24) is 20.9 Å². The molecule has 4 amide bonds. The van der Waals surface area contributed by atoms with Crippen LogP contribution in [0.15, 0.2) is 24.3 Å². The van der Waals surface area contributed by atoms with E-state index >= 15 is 0 Å². The van der Waals surface area contributed by atoms with Crippen molar-refractivity contribution in [3.8, 4) is 5.75 Å². The van der Waals surface area contributed by atoms with Gasteiger partial charge in [0, 0.05) is 26.1 Å². The third kappa shape index (κ3) is 7.43. The van der Waals surface area contributed by atoms with E-state index in [9.17, 15) is 19.2 Å². The van der Waals surface area contributed by atoms with E-state index in [0.717, 1.165) is 0 Å². The van der Waals surface area contributed by atoms with E-state index in [1.165, 1.54) is 0 Å². The summed E-state index contributed by atoms with van der Waals surface area (Å²) in [5.74, 6) is -1.05. The van der Waals surface area contributed by atoms with Crippen molar-refractivity contribution in [2.45, 2.75) is 71.2 Å². The van der Waals surface area contributed by atoms with E-state index in [1.54, 1.807) is 29.2 Å². The van der Waals surface area contributed by atoms with E-state index in [4.69, 9.17) is 9.47 Å². The molecule has 0 spiro atoms. The first kappa shape index (κ1) is 27.4. The molecular weight excluding hydrogens is 464 g/mol. The van der Waals surface area contributed by atoms with Gasteiger partial charge in [0.15, 0.2) is 0 Å². The predicted octanol–water partition coefficient (Wildman–Crippen LogP) is 1.24. The molecule has 0 saturated carbocycles. The Labute approximate surface area is 212 Å². The summed E-state index contributed by atoms with van der Waals surface area (Å²) < 4.78 is 11.6.